The molecule has 0 amide bonds. The highest BCUT2D eigenvalue weighted by Gasteiger charge is 2.16. The van der Waals surface area contributed by atoms with Crippen molar-refractivity contribution < 1.29 is 0 Å². The molecule has 0 saturated heterocycles. The quantitative estimate of drug-likeness (QED) is 0.168. The maximum Gasteiger partial charge on any atom is 0.0971 e. The van der Waals surface area contributed by atoms with E-state index in [-0.39, 0.29) is 0 Å². The predicted octanol–water partition coefficient (Wildman–Crippen LogP) is 15.2. The number of nitrogens with zero attached hydrogens (tertiary/aromatic N) is 2. The summed E-state index contributed by atoms with van der Waals surface area (Å²) in [6.07, 6.45) is 3.60. The fourth-order valence-corrected chi connectivity index (χ4v) is 9.36. The van der Waals surface area contributed by atoms with Crippen molar-refractivity contribution in [2.24, 2.45) is 0 Å². The molecule has 58 heavy (non-hydrogen) atoms. The van der Waals surface area contributed by atoms with Gasteiger partial charge in [0, 0.05) is 23.2 Å². The summed E-state index contributed by atoms with van der Waals surface area (Å²) < 4.78 is 0. The molecule has 0 aliphatic heterocycles. The minimum Gasteiger partial charge on any atom is -0.252 e. The van der Waals surface area contributed by atoms with Crippen LogP contribution in [0.5, 0.6) is 0 Å². The van der Waals surface area contributed by atoms with Crippen LogP contribution >= 0.6 is 0 Å². The van der Waals surface area contributed by atoms with Crippen LogP contribution in [0.1, 0.15) is 0 Å². The van der Waals surface area contributed by atoms with E-state index in [9.17, 15) is 0 Å². The Labute approximate surface area is 335 Å². The molecule has 0 radical (unpaired) electrons. The molecule has 11 aromatic carbocycles. The second kappa shape index (κ2) is 12.9. The van der Waals surface area contributed by atoms with E-state index in [2.05, 4.69) is 194 Å². The largest absolute Gasteiger partial charge is 0.252 e. The summed E-state index contributed by atoms with van der Waals surface area (Å²) in [6.45, 7) is 0. The summed E-state index contributed by atoms with van der Waals surface area (Å²) in [5, 5.41) is 14.7. The molecule has 1 aromatic heterocycles. The Morgan fingerprint density at radius 2 is 0.603 bits per heavy atom. The van der Waals surface area contributed by atoms with Gasteiger partial charge in [0.15, 0.2) is 0 Å². The fraction of sp³-hybridized carbons (Fsp3) is 0. The van der Waals surface area contributed by atoms with Crippen molar-refractivity contribution in [2.75, 3.05) is 0 Å². The molecule has 0 aliphatic carbocycles. The van der Waals surface area contributed by atoms with Gasteiger partial charge in [-0.2, -0.15) is 0 Å². The lowest BCUT2D eigenvalue weighted by Crippen LogP contribution is -1.91. The number of hydrogen-bond acceptors (Lipinski definition) is 2. The number of hydrogen-bond donors (Lipinski definition) is 0. The first-order valence-electron chi connectivity index (χ1n) is 19.9. The van der Waals surface area contributed by atoms with Crippen molar-refractivity contribution in [2.45, 2.75) is 0 Å². The highest BCUT2D eigenvalue weighted by atomic mass is 14.8. The topological polar surface area (TPSA) is 25.8 Å². The van der Waals surface area contributed by atoms with E-state index >= 15 is 0 Å². The Balaban J connectivity index is 1.03. The average Bonchev–Trinajstić information content (AvgIpc) is 3.31. The monoisotopic (exact) mass is 734 g/mol. The third-order valence-electron chi connectivity index (χ3n) is 12.1. The van der Waals surface area contributed by atoms with E-state index in [1.807, 2.05) is 0 Å². The normalized spacial score (nSPS) is 11.8. The van der Waals surface area contributed by atoms with Crippen molar-refractivity contribution in [3.05, 3.63) is 207 Å². The maximum absolute atomic E-state index is 4.88. The first kappa shape index (κ1) is 32.6. The van der Waals surface area contributed by atoms with Crippen LogP contribution in [0.3, 0.4) is 0 Å². The molecule has 0 unspecified atom stereocenters. The molecule has 2 nitrogen and oxygen atoms in total. The number of benzene rings is 11. The van der Waals surface area contributed by atoms with Gasteiger partial charge in [-0.1, -0.05) is 158 Å². The van der Waals surface area contributed by atoms with Crippen molar-refractivity contribution in [1.82, 2.24) is 9.97 Å². The van der Waals surface area contributed by atoms with Gasteiger partial charge in [0.05, 0.1) is 11.0 Å². The second-order valence-corrected chi connectivity index (χ2v) is 15.3. The maximum atomic E-state index is 4.88. The molecule has 2 heteroatoms. The zero-order valence-electron chi connectivity index (χ0n) is 31.5. The Bertz CT molecular complexity index is 3400. The van der Waals surface area contributed by atoms with Gasteiger partial charge in [-0.25, -0.2) is 0 Å². The molecule has 0 bridgehead atoms. The lowest BCUT2D eigenvalue weighted by atomic mass is 9.90. The van der Waals surface area contributed by atoms with Crippen LogP contribution in [0.25, 0.3) is 120 Å². The molecule has 0 aliphatic rings. The molecule has 12 aromatic rings. The second-order valence-electron chi connectivity index (χ2n) is 15.3. The zero-order chi connectivity index (χ0) is 38.2. The van der Waals surface area contributed by atoms with Crippen molar-refractivity contribution in [3.63, 3.8) is 0 Å². The molecule has 0 saturated carbocycles. The third-order valence-corrected chi connectivity index (χ3v) is 12.1. The Kier molecular flexibility index (Phi) is 7.26. The minimum absolute atomic E-state index is 0.922. The summed E-state index contributed by atoms with van der Waals surface area (Å²) in [7, 11) is 0. The van der Waals surface area contributed by atoms with Crippen LogP contribution < -0.4 is 0 Å². The van der Waals surface area contributed by atoms with Gasteiger partial charge < -0.3 is 0 Å². The van der Waals surface area contributed by atoms with Crippen LogP contribution in [0.15, 0.2) is 207 Å². The molecule has 268 valence electrons. The molecule has 0 fully saturated rings. The Morgan fingerprint density at radius 3 is 1.07 bits per heavy atom. The Hall–Kier alpha value is -7.68. The summed E-state index contributed by atoms with van der Waals surface area (Å²) >= 11 is 0. The van der Waals surface area contributed by atoms with Crippen LogP contribution in [-0.2, 0) is 0 Å². The van der Waals surface area contributed by atoms with Crippen LogP contribution in [0, 0.1) is 0 Å². The van der Waals surface area contributed by atoms with Crippen LogP contribution in [0.4, 0.5) is 0 Å². The van der Waals surface area contributed by atoms with Crippen LogP contribution in [0.2, 0.25) is 0 Å². The summed E-state index contributed by atoms with van der Waals surface area (Å²) in [6, 6.07) is 71.2. The van der Waals surface area contributed by atoms with E-state index < -0.39 is 0 Å². The van der Waals surface area contributed by atoms with Gasteiger partial charge in [0.25, 0.3) is 0 Å². The van der Waals surface area contributed by atoms with Gasteiger partial charge in [-0.05, 0) is 135 Å². The van der Waals surface area contributed by atoms with Crippen molar-refractivity contribution in [3.8, 4) is 44.5 Å². The lowest BCUT2D eigenvalue weighted by Gasteiger charge is -2.14. The highest BCUT2D eigenvalue weighted by molar-refractivity contribution is 6.24. The summed E-state index contributed by atoms with van der Waals surface area (Å²) in [5.41, 5.74) is 11.4. The fourth-order valence-electron chi connectivity index (χ4n) is 9.36. The van der Waals surface area contributed by atoms with E-state index in [0.717, 1.165) is 21.8 Å². The molecule has 0 spiro atoms. The van der Waals surface area contributed by atoms with Gasteiger partial charge in [0.1, 0.15) is 0 Å². The molecular weight excluding hydrogens is 701 g/mol. The first-order valence-corrected chi connectivity index (χ1v) is 19.9. The first-order chi connectivity index (χ1) is 28.7. The van der Waals surface area contributed by atoms with Gasteiger partial charge in [-0.3, -0.25) is 9.97 Å². The highest BCUT2D eigenvalue weighted by Crippen LogP contribution is 2.41. The van der Waals surface area contributed by atoms with E-state index in [0.29, 0.717) is 0 Å². The molecular formula is C56H34N2. The minimum atomic E-state index is 0.922. The number of aromatic nitrogens is 2. The Morgan fingerprint density at radius 1 is 0.224 bits per heavy atom. The van der Waals surface area contributed by atoms with Crippen molar-refractivity contribution >= 4 is 75.7 Å². The van der Waals surface area contributed by atoms with Gasteiger partial charge >= 0.3 is 0 Å². The molecule has 12 rings (SSSR count). The SMILES string of the molecule is c1cc(-c2ccc3c(c2)c2cc(-c4cccc(-c5cc6ccccc6c6ccccc56)c4)ccc2c2nccnc32)cc(-c2cc3ccccc3c3ccccc23)c1. The molecule has 0 atom stereocenters. The smallest absolute Gasteiger partial charge is 0.0971 e. The zero-order valence-corrected chi connectivity index (χ0v) is 31.5. The van der Waals surface area contributed by atoms with E-state index in [1.54, 1.807) is 12.4 Å². The predicted molar refractivity (Wildman–Crippen MR) is 246 cm³/mol. The summed E-state index contributed by atoms with van der Waals surface area (Å²) in [5.74, 6) is 0. The van der Waals surface area contributed by atoms with Gasteiger partial charge in [0.2, 0.25) is 0 Å². The van der Waals surface area contributed by atoms with Gasteiger partial charge in [-0.15, -0.1) is 0 Å². The molecule has 1 heterocycles. The standard InChI is InChI=1S/C56H34N2/c1-3-17-43-41(11-1)33-51(47-21-7-5-19-45(43)47)39-15-9-13-35(29-39)37-23-25-49-53(31-37)54-32-38(24-26-50(54)56-55(49)57-27-28-58-56)36-14-10-16-40(30-36)52-34-42-12-2-4-18-44(42)46-20-6-8-22-48(46)52/h1-34H. The number of rotatable bonds is 4. The third kappa shape index (κ3) is 5.12. The summed E-state index contributed by atoms with van der Waals surface area (Å²) in [4.78, 5) is 9.76. The van der Waals surface area contributed by atoms with E-state index in [1.165, 1.54) is 98.4 Å². The van der Waals surface area contributed by atoms with Crippen LogP contribution in [-0.4, -0.2) is 9.97 Å². The van der Waals surface area contributed by atoms with E-state index in [4.69, 9.17) is 9.97 Å². The lowest BCUT2D eigenvalue weighted by molar-refractivity contribution is 1.31. The average molecular weight is 735 g/mol. The van der Waals surface area contributed by atoms with Crippen molar-refractivity contribution in [1.29, 1.82) is 0 Å². The number of fused-ring (bicyclic) bond motifs is 12. The molecule has 0 N–H and O–H groups in total.